The van der Waals surface area contributed by atoms with E-state index in [1.807, 2.05) is 25.1 Å². The highest BCUT2D eigenvalue weighted by atomic mass is 127. The second kappa shape index (κ2) is 13.7. The average molecular weight is 691 g/mol. The van der Waals surface area contributed by atoms with Crippen LogP contribution in [0.5, 0.6) is 23.0 Å². The number of benzene rings is 3. The van der Waals surface area contributed by atoms with Gasteiger partial charge in [-0.1, -0.05) is 36.7 Å². The third-order valence-electron chi connectivity index (χ3n) is 6.05. The highest BCUT2D eigenvalue weighted by molar-refractivity contribution is 14.1. The molecular formula is C30H28ClIN2O7. The van der Waals surface area contributed by atoms with Gasteiger partial charge < -0.3 is 18.9 Å². The summed E-state index contributed by atoms with van der Waals surface area (Å²) >= 11 is 8.17. The Bertz CT molecular complexity index is 1510. The summed E-state index contributed by atoms with van der Waals surface area (Å²) in [5.41, 5.74) is 1.84. The van der Waals surface area contributed by atoms with Gasteiger partial charge in [0.25, 0.3) is 11.8 Å². The van der Waals surface area contributed by atoms with E-state index in [0.29, 0.717) is 49.3 Å². The summed E-state index contributed by atoms with van der Waals surface area (Å²) in [6.07, 6.45) is 2.25. The first-order valence-electron chi connectivity index (χ1n) is 12.7. The maximum Gasteiger partial charge on any atom is 0.331 e. The molecule has 11 heteroatoms. The second-order valence-electron chi connectivity index (χ2n) is 8.99. The first-order chi connectivity index (χ1) is 19.7. The van der Waals surface area contributed by atoms with Gasteiger partial charge in [-0.3, -0.25) is 19.8 Å². The smallest absolute Gasteiger partial charge is 0.331 e. The summed E-state index contributed by atoms with van der Waals surface area (Å²) < 4.78 is 23.3. The Morgan fingerprint density at radius 2 is 1.71 bits per heavy atom. The Hall–Kier alpha value is -3.77. The minimum absolute atomic E-state index is 0.0726. The van der Waals surface area contributed by atoms with Crippen LogP contribution >= 0.6 is 34.2 Å². The molecule has 214 valence electrons. The topological polar surface area (TPSA) is 103 Å². The molecule has 1 heterocycles. The number of ether oxygens (including phenoxy) is 4. The van der Waals surface area contributed by atoms with Gasteiger partial charge in [-0.2, -0.15) is 0 Å². The van der Waals surface area contributed by atoms with E-state index >= 15 is 0 Å². The van der Waals surface area contributed by atoms with Crippen LogP contribution in [0.25, 0.3) is 6.08 Å². The average Bonchev–Trinajstić information content (AvgIpc) is 2.95. The van der Waals surface area contributed by atoms with E-state index in [2.05, 4.69) is 27.9 Å². The van der Waals surface area contributed by atoms with Gasteiger partial charge >= 0.3 is 6.03 Å². The summed E-state index contributed by atoms with van der Waals surface area (Å²) in [5.74, 6) is 0.456. The third-order valence-corrected chi connectivity index (χ3v) is 7.09. The van der Waals surface area contributed by atoms with Gasteiger partial charge in [-0.15, -0.1) is 0 Å². The number of hydrogen-bond acceptors (Lipinski definition) is 7. The summed E-state index contributed by atoms with van der Waals surface area (Å²) in [6, 6.07) is 15.1. The Kier molecular flexibility index (Phi) is 10.1. The minimum Gasteiger partial charge on any atom is -0.493 e. The zero-order valence-corrected chi connectivity index (χ0v) is 25.6. The lowest BCUT2D eigenvalue weighted by Crippen LogP contribution is -2.53. The Morgan fingerprint density at radius 3 is 2.41 bits per heavy atom. The van der Waals surface area contributed by atoms with E-state index in [0.717, 1.165) is 16.9 Å². The number of urea groups is 1. The van der Waals surface area contributed by atoms with Gasteiger partial charge in [0.1, 0.15) is 12.2 Å². The number of nitrogens with zero attached hydrogens (tertiary/aromatic N) is 1. The van der Waals surface area contributed by atoms with Crippen molar-refractivity contribution in [1.82, 2.24) is 10.2 Å². The largest absolute Gasteiger partial charge is 0.493 e. The minimum atomic E-state index is -0.806. The van der Waals surface area contributed by atoms with Gasteiger partial charge in [0, 0.05) is 5.02 Å². The predicted octanol–water partition coefficient (Wildman–Crippen LogP) is 5.99. The maximum absolute atomic E-state index is 13.4. The number of methoxy groups -OCH3 is 2. The molecule has 0 radical (unpaired) electrons. The standard InChI is InChI=1S/C30H28ClIN2O7/c1-4-10-40-24-9-8-18(14-25(24)38-2)16-34-29(36)22(28(35)33-30(34)37)12-20-13-23(32)27(26(15-20)39-3)41-17-19-6-5-7-21(31)11-19/h5-9,11-15H,4,10,16-17H2,1-3H3,(H,33,35,37)/b22-12+. The molecule has 3 aromatic rings. The normalized spacial score (nSPS) is 14.2. The molecule has 9 nitrogen and oxygen atoms in total. The number of rotatable bonds is 11. The molecule has 0 bridgehead atoms. The molecule has 4 rings (SSSR count). The van der Waals surface area contributed by atoms with E-state index in [1.165, 1.54) is 20.3 Å². The van der Waals surface area contributed by atoms with Crippen molar-refractivity contribution in [3.8, 4) is 23.0 Å². The number of barbiturate groups is 1. The number of carbonyl (C=O) groups is 3. The fourth-order valence-corrected chi connectivity index (χ4v) is 5.07. The van der Waals surface area contributed by atoms with Crippen LogP contribution in [0, 0.1) is 3.57 Å². The molecule has 41 heavy (non-hydrogen) atoms. The van der Waals surface area contributed by atoms with E-state index in [1.54, 1.807) is 36.4 Å². The molecule has 1 N–H and O–H groups in total. The van der Waals surface area contributed by atoms with Crippen molar-refractivity contribution in [3.05, 3.63) is 85.5 Å². The number of imide groups is 2. The number of hydrogen-bond donors (Lipinski definition) is 1. The molecule has 0 saturated carbocycles. The first kappa shape index (κ1) is 30.2. The zero-order chi connectivity index (χ0) is 29.5. The number of carbonyl (C=O) groups excluding carboxylic acids is 3. The lowest BCUT2D eigenvalue weighted by molar-refractivity contribution is -0.130. The molecule has 0 spiro atoms. The van der Waals surface area contributed by atoms with Crippen LogP contribution in [0.1, 0.15) is 30.0 Å². The summed E-state index contributed by atoms with van der Waals surface area (Å²) in [5, 5.41) is 2.86. The molecule has 1 fully saturated rings. The van der Waals surface area contributed by atoms with Crippen molar-refractivity contribution in [2.75, 3.05) is 20.8 Å². The van der Waals surface area contributed by atoms with E-state index < -0.39 is 17.8 Å². The molecule has 4 amide bonds. The fraction of sp³-hybridized carbons (Fsp3) is 0.233. The van der Waals surface area contributed by atoms with Crippen LogP contribution in [0.4, 0.5) is 4.79 Å². The van der Waals surface area contributed by atoms with Gasteiger partial charge in [0.15, 0.2) is 23.0 Å². The molecule has 1 aliphatic rings. The van der Waals surface area contributed by atoms with Crippen LogP contribution in [0.2, 0.25) is 5.02 Å². The van der Waals surface area contributed by atoms with Crippen molar-refractivity contribution in [3.63, 3.8) is 0 Å². The van der Waals surface area contributed by atoms with Gasteiger partial charge in [-0.05, 0) is 88.2 Å². The number of nitrogens with one attached hydrogen (secondary N) is 1. The molecule has 0 atom stereocenters. The quantitative estimate of drug-likeness (QED) is 0.150. The highest BCUT2D eigenvalue weighted by Gasteiger charge is 2.36. The van der Waals surface area contributed by atoms with Crippen molar-refractivity contribution >= 4 is 58.1 Å². The van der Waals surface area contributed by atoms with Crippen LogP contribution in [0.3, 0.4) is 0 Å². The highest BCUT2D eigenvalue weighted by Crippen LogP contribution is 2.36. The van der Waals surface area contributed by atoms with Crippen LogP contribution < -0.4 is 24.3 Å². The van der Waals surface area contributed by atoms with Crippen LogP contribution in [-0.2, 0) is 22.7 Å². The van der Waals surface area contributed by atoms with E-state index in [-0.39, 0.29) is 18.7 Å². The van der Waals surface area contributed by atoms with Crippen LogP contribution in [-0.4, -0.2) is 43.6 Å². The second-order valence-corrected chi connectivity index (χ2v) is 10.6. The van der Waals surface area contributed by atoms with Gasteiger partial charge in [0.05, 0.1) is 30.9 Å². The first-order valence-corrected chi connectivity index (χ1v) is 14.1. The van der Waals surface area contributed by atoms with Crippen molar-refractivity contribution in [2.24, 2.45) is 0 Å². The summed E-state index contributed by atoms with van der Waals surface area (Å²) in [6.45, 7) is 2.71. The zero-order valence-electron chi connectivity index (χ0n) is 22.7. The van der Waals surface area contributed by atoms with Crippen LogP contribution in [0.15, 0.2) is 60.2 Å². The Balaban J connectivity index is 1.57. The van der Waals surface area contributed by atoms with Gasteiger partial charge in [-0.25, -0.2) is 4.79 Å². The monoisotopic (exact) mass is 690 g/mol. The van der Waals surface area contributed by atoms with E-state index in [9.17, 15) is 14.4 Å². The number of halogens is 2. The molecule has 3 aromatic carbocycles. The van der Waals surface area contributed by atoms with Crippen molar-refractivity contribution in [2.45, 2.75) is 26.5 Å². The summed E-state index contributed by atoms with van der Waals surface area (Å²) in [4.78, 5) is 39.7. The SMILES string of the molecule is CCCOc1ccc(CN2C(=O)NC(=O)/C(=C\c3cc(I)c(OCc4cccc(Cl)c4)c(OC)c3)C2=O)cc1OC. The maximum atomic E-state index is 13.4. The Labute approximate surface area is 256 Å². The van der Waals surface area contributed by atoms with Crippen molar-refractivity contribution in [1.29, 1.82) is 0 Å². The lowest BCUT2D eigenvalue weighted by Gasteiger charge is -2.26. The number of amides is 4. The molecule has 0 unspecified atom stereocenters. The van der Waals surface area contributed by atoms with E-state index in [4.69, 9.17) is 30.5 Å². The molecule has 0 aliphatic carbocycles. The van der Waals surface area contributed by atoms with Crippen molar-refractivity contribution < 1.29 is 33.3 Å². The molecule has 1 saturated heterocycles. The summed E-state index contributed by atoms with van der Waals surface area (Å²) in [7, 11) is 3.01. The molecular weight excluding hydrogens is 663 g/mol. The van der Waals surface area contributed by atoms with Gasteiger partial charge in [0.2, 0.25) is 0 Å². The molecule has 1 aliphatic heterocycles. The fourth-order valence-electron chi connectivity index (χ4n) is 4.07. The third kappa shape index (κ3) is 7.31. The Morgan fingerprint density at radius 1 is 0.927 bits per heavy atom. The lowest BCUT2D eigenvalue weighted by atomic mass is 10.1. The predicted molar refractivity (Wildman–Crippen MR) is 162 cm³/mol. The molecule has 0 aromatic heterocycles.